The lowest BCUT2D eigenvalue weighted by atomic mass is 10.1. The fourth-order valence-electron chi connectivity index (χ4n) is 2.00. The maximum Gasteiger partial charge on any atom is 0.255 e. The summed E-state index contributed by atoms with van der Waals surface area (Å²) in [6.45, 7) is 0.466. The Balaban J connectivity index is 2.18. The first-order valence-corrected chi connectivity index (χ1v) is 6.63. The molecule has 0 saturated carbocycles. The van der Waals surface area contributed by atoms with Gasteiger partial charge in [0.25, 0.3) is 5.91 Å². The van der Waals surface area contributed by atoms with Crippen LogP contribution in [0, 0.1) is 0 Å². The van der Waals surface area contributed by atoms with E-state index in [1.54, 1.807) is 43.3 Å². The Hall–Kier alpha value is -2.00. The van der Waals surface area contributed by atoms with Gasteiger partial charge in [-0.1, -0.05) is 41.9 Å². The molecule has 0 N–H and O–H groups in total. The second-order valence-corrected chi connectivity index (χ2v) is 4.86. The Bertz CT molecular complexity index is 613. The molecule has 0 bridgehead atoms. The van der Waals surface area contributed by atoms with Gasteiger partial charge in [-0.05, 0) is 18.2 Å². The van der Waals surface area contributed by atoms with E-state index >= 15 is 0 Å². The molecule has 4 heteroatoms. The van der Waals surface area contributed by atoms with E-state index in [9.17, 15) is 4.79 Å². The zero-order chi connectivity index (χ0) is 14.5. The van der Waals surface area contributed by atoms with Gasteiger partial charge in [-0.2, -0.15) is 0 Å². The second-order valence-electron chi connectivity index (χ2n) is 4.45. The number of carbonyl (C=O) groups excluding carboxylic acids is 1. The van der Waals surface area contributed by atoms with Crippen molar-refractivity contribution in [3.63, 3.8) is 0 Å². The van der Waals surface area contributed by atoms with E-state index in [-0.39, 0.29) is 5.91 Å². The van der Waals surface area contributed by atoms with E-state index in [1.165, 1.54) is 0 Å². The molecule has 0 aliphatic carbocycles. The molecule has 0 fully saturated rings. The number of methoxy groups -OCH3 is 1. The topological polar surface area (TPSA) is 29.5 Å². The standard InChI is InChI=1S/C16H16ClNO2/c1-18(11-12-7-3-6-10-15(12)20-2)16(19)13-8-4-5-9-14(13)17/h3-10H,11H2,1-2H3. The predicted octanol–water partition coefficient (Wildman–Crippen LogP) is 3.62. The van der Waals surface area contributed by atoms with E-state index in [0.717, 1.165) is 11.3 Å². The van der Waals surface area contributed by atoms with Gasteiger partial charge in [0, 0.05) is 19.2 Å². The van der Waals surface area contributed by atoms with E-state index in [4.69, 9.17) is 16.3 Å². The second kappa shape index (κ2) is 6.44. The summed E-state index contributed by atoms with van der Waals surface area (Å²) in [6.07, 6.45) is 0. The maximum atomic E-state index is 12.4. The summed E-state index contributed by atoms with van der Waals surface area (Å²) >= 11 is 6.05. The van der Waals surface area contributed by atoms with Crippen molar-refractivity contribution in [2.24, 2.45) is 0 Å². The van der Waals surface area contributed by atoms with Crippen LogP contribution in [0.1, 0.15) is 15.9 Å². The highest BCUT2D eigenvalue weighted by molar-refractivity contribution is 6.33. The number of benzene rings is 2. The molecule has 3 nitrogen and oxygen atoms in total. The normalized spacial score (nSPS) is 10.2. The SMILES string of the molecule is COc1ccccc1CN(C)C(=O)c1ccccc1Cl. The molecule has 0 saturated heterocycles. The third-order valence-electron chi connectivity index (χ3n) is 3.05. The lowest BCUT2D eigenvalue weighted by Gasteiger charge is -2.19. The van der Waals surface area contributed by atoms with Crippen molar-refractivity contribution >= 4 is 17.5 Å². The molecule has 1 amide bonds. The van der Waals surface area contributed by atoms with Crippen molar-refractivity contribution in [3.05, 3.63) is 64.7 Å². The smallest absolute Gasteiger partial charge is 0.255 e. The molecule has 0 aromatic heterocycles. The van der Waals surface area contributed by atoms with E-state index in [2.05, 4.69) is 0 Å². The van der Waals surface area contributed by atoms with Crippen molar-refractivity contribution in [3.8, 4) is 5.75 Å². The van der Waals surface area contributed by atoms with Crippen LogP contribution in [-0.2, 0) is 6.54 Å². The maximum absolute atomic E-state index is 12.4. The molecule has 2 aromatic rings. The summed E-state index contributed by atoms with van der Waals surface area (Å²) in [4.78, 5) is 14.0. The number of rotatable bonds is 4. The quantitative estimate of drug-likeness (QED) is 0.860. The van der Waals surface area contributed by atoms with Gasteiger partial charge in [-0.15, -0.1) is 0 Å². The van der Waals surface area contributed by atoms with Gasteiger partial charge in [0.2, 0.25) is 0 Å². The molecule has 0 unspecified atom stereocenters. The van der Waals surface area contributed by atoms with Crippen LogP contribution in [0.25, 0.3) is 0 Å². The molecule has 104 valence electrons. The number of hydrogen-bond donors (Lipinski definition) is 0. The molecular formula is C16H16ClNO2. The zero-order valence-electron chi connectivity index (χ0n) is 11.5. The monoisotopic (exact) mass is 289 g/mol. The molecule has 0 radical (unpaired) electrons. The van der Waals surface area contributed by atoms with Crippen LogP contribution in [0.3, 0.4) is 0 Å². The van der Waals surface area contributed by atoms with Gasteiger partial charge in [-0.25, -0.2) is 0 Å². The highest BCUT2D eigenvalue weighted by Crippen LogP contribution is 2.21. The van der Waals surface area contributed by atoms with Gasteiger partial charge in [-0.3, -0.25) is 4.79 Å². The zero-order valence-corrected chi connectivity index (χ0v) is 12.2. The first-order chi connectivity index (χ1) is 9.63. The van der Waals surface area contributed by atoms with Gasteiger partial charge < -0.3 is 9.64 Å². The van der Waals surface area contributed by atoms with Crippen LogP contribution < -0.4 is 4.74 Å². The van der Waals surface area contributed by atoms with Crippen molar-refractivity contribution in [2.45, 2.75) is 6.54 Å². The number of ether oxygens (including phenoxy) is 1. The molecule has 0 atom stereocenters. The van der Waals surface area contributed by atoms with Crippen molar-refractivity contribution in [2.75, 3.05) is 14.2 Å². The molecule has 2 rings (SSSR count). The van der Waals surface area contributed by atoms with E-state index in [0.29, 0.717) is 17.1 Å². The molecule has 2 aromatic carbocycles. The number of para-hydroxylation sites is 1. The van der Waals surface area contributed by atoms with Crippen LogP contribution in [0.5, 0.6) is 5.75 Å². The minimum atomic E-state index is -0.110. The van der Waals surface area contributed by atoms with Crippen LogP contribution in [0.15, 0.2) is 48.5 Å². The predicted molar refractivity (Wildman–Crippen MR) is 80.2 cm³/mol. The number of nitrogens with zero attached hydrogens (tertiary/aromatic N) is 1. The van der Waals surface area contributed by atoms with E-state index in [1.807, 2.05) is 24.3 Å². The highest BCUT2D eigenvalue weighted by atomic mass is 35.5. The number of halogens is 1. The Morgan fingerprint density at radius 1 is 1.15 bits per heavy atom. The average Bonchev–Trinajstić information content (AvgIpc) is 2.47. The molecule has 0 aliphatic heterocycles. The van der Waals surface area contributed by atoms with Gasteiger partial charge >= 0.3 is 0 Å². The van der Waals surface area contributed by atoms with Crippen molar-refractivity contribution in [1.29, 1.82) is 0 Å². The van der Waals surface area contributed by atoms with Crippen LogP contribution in [0.4, 0.5) is 0 Å². The summed E-state index contributed by atoms with van der Waals surface area (Å²) in [6, 6.07) is 14.7. The minimum Gasteiger partial charge on any atom is -0.496 e. The summed E-state index contributed by atoms with van der Waals surface area (Å²) < 4.78 is 5.29. The van der Waals surface area contributed by atoms with E-state index < -0.39 is 0 Å². The average molecular weight is 290 g/mol. The lowest BCUT2D eigenvalue weighted by Crippen LogP contribution is -2.26. The number of carbonyl (C=O) groups is 1. The largest absolute Gasteiger partial charge is 0.496 e. The summed E-state index contributed by atoms with van der Waals surface area (Å²) in [5.74, 6) is 0.660. The molecule has 20 heavy (non-hydrogen) atoms. The van der Waals surface area contributed by atoms with Crippen molar-refractivity contribution in [1.82, 2.24) is 4.90 Å². The summed E-state index contributed by atoms with van der Waals surface area (Å²) in [7, 11) is 3.37. The molecule has 0 heterocycles. The van der Waals surface area contributed by atoms with Crippen LogP contribution in [-0.4, -0.2) is 25.0 Å². The first kappa shape index (κ1) is 14.4. The highest BCUT2D eigenvalue weighted by Gasteiger charge is 2.16. The summed E-state index contributed by atoms with van der Waals surface area (Å²) in [5, 5.41) is 0.462. The Morgan fingerprint density at radius 3 is 2.50 bits per heavy atom. The summed E-state index contributed by atoms with van der Waals surface area (Å²) in [5.41, 5.74) is 1.46. The Kier molecular flexibility index (Phi) is 4.64. The molecule has 0 spiro atoms. The van der Waals surface area contributed by atoms with Crippen LogP contribution >= 0.6 is 11.6 Å². The molecular weight excluding hydrogens is 274 g/mol. The van der Waals surface area contributed by atoms with Gasteiger partial charge in [0.05, 0.1) is 17.7 Å². The first-order valence-electron chi connectivity index (χ1n) is 6.25. The van der Waals surface area contributed by atoms with Gasteiger partial charge in [0.15, 0.2) is 0 Å². The fourth-order valence-corrected chi connectivity index (χ4v) is 2.22. The van der Waals surface area contributed by atoms with Gasteiger partial charge in [0.1, 0.15) is 5.75 Å². The Labute approximate surface area is 123 Å². The molecule has 0 aliphatic rings. The fraction of sp³-hybridized carbons (Fsp3) is 0.188. The number of hydrogen-bond acceptors (Lipinski definition) is 2. The third-order valence-corrected chi connectivity index (χ3v) is 3.38. The van der Waals surface area contributed by atoms with Crippen LogP contribution in [0.2, 0.25) is 5.02 Å². The minimum absolute atomic E-state index is 0.110. The number of amides is 1. The Morgan fingerprint density at radius 2 is 1.80 bits per heavy atom. The third kappa shape index (κ3) is 3.11. The lowest BCUT2D eigenvalue weighted by molar-refractivity contribution is 0.0784. The van der Waals surface area contributed by atoms with Crippen molar-refractivity contribution < 1.29 is 9.53 Å².